The van der Waals surface area contributed by atoms with E-state index in [1.54, 1.807) is 30.3 Å². The number of carbonyl (C=O) groups is 1. The quantitative estimate of drug-likeness (QED) is 0.229. The molecule has 156 valence electrons. The minimum Gasteiger partial charge on any atom is -0.449 e. The summed E-state index contributed by atoms with van der Waals surface area (Å²) in [4.78, 5) is 15.8. The van der Waals surface area contributed by atoms with E-state index in [0.29, 0.717) is 37.4 Å². The smallest absolute Gasteiger partial charge is 0.449 e. The summed E-state index contributed by atoms with van der Waals surface area (Å²) in [5.74, 6) is -0.437. The highest BCUT2D eigenvalue weighted by atomic mass is 35.5. The molecule has 1 heterocycles. The van der Waals surface area contributed by atoms with Crippen LogP contribution in [0.5, 0.6) is 5.75 Å². The largest absolute Gasteiger partial charge is 0.511 e. The van der Waals surface area contributed by atoms with Gasteiger partial charge in [-0.05, 0) is 42.5 Å². The highest BCUT2D eigenvalue weighted by Crippen LogP contribution is 2.39. The second-order valence-electron chi connectivity index (χ2n) is 6.37. The highest BCUT2D eigenvalue weighted by molar-refractivity contribution is 7.13. The lowest BCUT2D eigenvalue weighted by Crippen LogP contribution is -2.04. The van der Waals surface area contributed by atoms with Crippen LogP contribution in [0.15, 0.2) is 60.0 Å². The van der Waals surface area contributed by atoms with E-state index in [4.69, 9.17) is 44.6 Å². The minimum absolute atomic E-state index is 0.0600. The molecule has 0 radical (unpaired) electrons. The lowest BCUT2D eigenvalue weighted by molar-refractivity contribution is 0.144. The lowest BCUT2D eigenvalue weighted by Gasteiger charge is -2.11. The first-order valence-electron chi connectivity index (χ1n) is 8.73. The molecular weight excluding hydrogens is 484 g/mol. The molecule has 3 aromatic carbocycles. The van der Waals surface area contributed by atoms with Crippen LogP contribution < -0.4 is 4.74 Å². The first-order valence-corrected chi connectivity index (χ1v) is 10.7. The average molecular weight is 495 g/mol. The fraction of sp³-hybridized carbons (Fsp3) is 0. The number of benzene rings is 3. The van der Waals surface area contributed by atoms with Crippen LogP contribution in [0.2, 0.25) is 15.1 Å². The molecule has 0 amide bonds. The van der Waals surface area contributed by atoms with Crippen LogP contribution in [0.3, 0.4) is 0 Å². The van der Waals surface area contributed by atoms with Crippen LogP contribution >= 0.6 is 46.1 Å². The van der Waals surface area contributed by atoms with Gasteiger partial charge in [-0.15, -0.1) is 11.3 Å². The van der Waals surface area contributed by atoms with Crippen molar-refractivity contribution >= 4 is 52.3 Å². The van der Waals surface area contributed by atoms with Gasteiger partial charge in [0.15, 0.2) is 0 Å². The topological polar surface area (TPSA) is 59.4 Å². The monoisotopic (exact) mass is 493 g/mol. The zero-order valence-corrected chi connectivity index (χ0v) is 18.5. The Morgan fingerprint density at radius 3 is 2.35 bits per heavy atom. The van der Waals surface area contributed by atoms with Gasteiger partial charge in [-0.25, -0.2) is 14.2 Å². The van der Waals surface area contributed by atoms with E-state index in [1.807, 2.05) is 11.4 Å². The molecule has 4 nitrogen and oxygen atoms in total. The number of hydrogen-bond donors (Lipinski definition) is 1. The van der Waals surface area contributed by atoms with Crippen LogP contribution in [-0.4, -0.2) is 16.2 Å². The lowest BCUT2D eigenvalue weighted by atomic mass is 10.0. The van der Waals surface area contributed by atoms with E-state index in [9.17, 15) is 9.18 Å². The normalized spacial score (nSPS) is 10.8. The van der Waals surface area contributed by atoms with Gasteiger partial charge in [0.2, 0.25) is 0 Å². The first kappa shape index (κ1) is 21.6. The van der Waals surface area contributed by atoms with Crippen LogP contribution in [0.25, 0.3) is 33.0 Å². The molecule has 0 bridgehead atoms. The molecule has 0 aliphatic rings. The molecule has 9 heteroatoms. The average Bonchev–Trinajstić information content (AvgIpc) is 3.20. The van der Waals surface area contributed by atoms with Gasteiger partial charge >= 0.3 is 6.16 Å². The third-order valence-electron chi connectivity index (χ3n) is 4.37. The van der Waals surface area contributed by atoms with Gasteiger partial charge in [-0.2, -0.15) is 0 Å². The molecule has 0 spiro atoms. The zero-order chi connectivity index (χ0) is 22.1. The number of halogens is 4. The van der Waals surface area contributed by atoms with E-state index in [1.165, 1.54) is 23.5 Å². The summed E-state index contributed by atoms with van der Waals surface area (Å²) in [6.07, 6.45) is -1.48. The van der Waals surface area contributed by atoms with E-state index in [-0.39, 0.29) is 10.8 Å². The molecule has 0 aliphatic carbocycles. The third-order valence-corrected chi connectivity index (χ3v) is 6.31. The van der Waals surface area contributed by atoms with Gasteiger partial charge in [0.1, 0.15) is 16.6 Å². The second kappa shape index (κ2) is 8.85. The molecule has 0 aliphatic heterocycles. The Hall–Kier alpha value is -2.64. The fourth-order valence-electron chi connectivity index (χ4n) is 2.96. The molecular formula is C22H11Cl3FNO3S. The molecule has 0 saturated carbocycles. The standard InChI is InChI=1S/C22H11Cl3FNO3S/c23-16-6-2-11(7-18(16)25)19-10-31-21(27-19)12-1-4-15(20(8-12)30-22(28)29)14-5-3-13(26)9-17(14)24/h1-10H,(H,28,29). The Morgan fingerprint density at radius 1 is 0.903 bits per heavy atom. The van der Waals surface area contributed by atoms with Crippen molar-refractivity contribution in [2.75, 3.05) is 0 Å². The number of aromatic nitrogens is 1. The van der Waals surface area contributed by atoms with E-state index < -0.39 is 12.0 Å². The summed E-state index contributed by atoms with van der Waals surface area (Å²) in [6.45, 7) is 0. The molecule has 1 N–H and O–H groups in total. The summed E-state index contributed by atoms with van der Waals surface area (Å²) in [7, 11) is 0. The molecule has 0 atom stereocenters. The maximum absolute atomic E-state index is 13.4. The van der Waals surface area contributed by atoms with E-state index >= 15 is 0 Å². The Balaban J connectivity index is 1.75. The molecule has 31 heavy (non-hydrogen) atoms. The molecule has 4 aromatic rings. The van der Waals surface area contributed by atoms with Crippen molar-refractivity contribution in [3.8, 4) is 38.7 Å². The number of rotatable bonds is 4. The Bertz CT molecular complexity index is 1310. The number of nitrogens with zero attached hydrogens (tertiary/aromatic N) is 1. The number of carboxylic acid groups (broad SMARTS) is 1. The first-order chi connectivity index (χ1) is 14.8. The minimum atomic E-state index is -1.48. The summed E-state index contributed by atoms with van der Waals surface area (Å²) in [5.41, 5.74) is 3.01. The van der Waals surface area contributed by atoms with Crippen molar-refractivity contribution < 1.29 is 19.0 Å². The van der Waals surface area contributed by atoms with Gasteiger partial charge < -0.3 is 9.84 Å². The highest BCUT2D eigenvalue weighted by Gasteiger charge is 2.16. The zero-order valence-electron chi connectivity index (χ0n) is 15.4. The SMILES string of the molecule is O=C(O)Oc1cc(-c2nc(-c3ccc(Cl)c(Cl)c3)cs2)ccc1-c1ccc(F)cc1Cl. The Morgan fingerprint density at radius 2 is 1.65 bits per heavy atom. The summed E-state index contributed by atoms with van der Waals surface area (Å²) in [5, 5.41) is 12.7. The van der Waals surface area contributed by atoms with E-state index in [2.05, 4.69) is 4.98 Å². The number of ether oxygens (including phenoxy) is 1. The van der Waals surface area contributed by atoms with Gasteiger partial charge in [-0.3, -0.25) is 0 Å². The van der Waals surface area contributed by atoms with Crippen molar-refractivity contribution in [2.24, 2.45) is 0 Å². The maximum atomic E-state index is 13.4. The van der Waals surface area contributed by atoms with Crippen LogP contribution in [0.1, 0.15) is 0 Å². The predicted molar refractivity (Wildman–Crippen MR) is 122 cm³/mol. The fourth-order valence-corrected chi connectivity index (χ4v) is 4.35. The van der Waals surface area contributed by atoms with Crippen LogP contribution in [-0.2, 0) is 0 Å². The Labute approximate surface area is 195 Å². The van der Waals surface area contributed by atoms with Gasteiger partial charge in [-0.1, -0.05) is 46.9 Å². The molecule has 0 unspecified atom stereocenters. The summed E-state index contributed by atoms with van der Waals surface area (Å²) >= 11 is 19.6. The van der Waals surface area contributed by atoms with Crippen molar-refractivity contribution in [1.82, 2.24) is 4.98 Å². The van der Waals surface area contributed by atoms with Crippen molar-refractivity contribution in [1.29, 1.82) is 0 Å². The summed E-state index contributed by atoms with van der Waals surface area (Å²) < 4.78 is 18.4. The van der Waals surface area contributed by atoms with Gasteiger partial charge in [0.25, 0.3) is 0 Å². The summed E-state index contributed by atoms with van der Waals surface area (Å²) in [6, 6.07) is 14.1. The number of thiazole rings is 1. The van der Waals surface area contributed by atoms with Crippen molar-refractivity contribution in [3.05, 3.63) is 80.9 Å². The van der Waals surface area contributed by atoms with Crippen LogP contribution in [0.4, 0.5) is 9.18 Å². The Kier molecular flexibility index (Phi) is 6.16. The molecule has 1 aromatic heterocycles. The van der Waals surface area contributed by atoms with Gasteiger partial charge in [0, 0.05) is 27.6 Å². The van der Waals surface area contributed by atoms with Crippen molar-refractivity contribution in [2.45, 2.75) is 0 Å². The third kappa shape index (κ3) is 4.67. The molecule has 0 saturated heterocycles. The second-order valence-corrected chi connectivity index (χ2v) is 8.45. The predicted octanol–water partition coefficient (Wildman–Crippen LogP) is 8.30. The number of hydrogen-bond acceptors (Lipinski definition) is 4. The van der Waals surface area contributed by atoms with Crippen LogP contribution in [0, 0.1) is 5.82 Å². The van der Waals surface area contributed by atoms with Crippen molar-refractivity contribution in [3.63, 3.8) is 0 Å². The van der Waals surface area contributed by atoms with E-state index in [0.717, 1.165) is 11.6 Å². The maximum Gasteiger partial charge on any atom is 0.511 e. The van der Waals surface area contributed by atoms with Gasteiger partial charge in [0.05, 0.1) is 20.8 Å². The molecule has 0 fully saturated rings. The molecule has 4 rings (SSSR count).